The summed E-state index contributed by atoms with van der Waals surface area (Å²) in [6.07, 6.45) is 0.900. The van der Waals surface area contributed by atoms with Gasteiger partial charge in [-0.25, -0.2) is 0 Å². The molecule has 1 heterocycles. The summed E-state index contributed by atoms with van der Waals surface area (Å²) in [7, 11) is 1.75. The van der Waals surface area contributed by atoms with Crippen molar-refractivity contribution < 1.29 is 14.4 Å². The zero-order valence-corrected chi connectivity index (χ0v) is 18.3. The average molecular weight is 413 g/mol. The topological polar surface area (TPSA) is 125 Å². The zero-order valence-electron chi connectivity index (χ0n) is 17.5. The van der Waals surface area contributed by atoms with E-state index in [1.165, 1.54) is 18.3 Å². The predicted molar refractivity (Wildman–Crippen MR) is 110 cm³/mol. The minimum absolute atomic E-state index is 0.00904. The van der Waals surface area contributed by atoms with Crippen LogP contribution in [0.25, 0.3) is 0 Å². The standard InChI is InChI=1S/C18H32N6O3S/c1-7-11(4)16(21-12(5)25)17(27)20-9-13(10(2)3)22-14(26)8-15-23-24-18(19-6)28-15/h10-11,13,16H,7-9H2,1-6H3,(H,19,24)(H,20,27)(H,21,25)(H,22,26)/t11-,13?,16-/m0/s1. The Balaban J connectivity index is 2.64. The highest BCUT2D eigenvalue weighted by atomic mass is 32.1. The van der Waals surface area contributed by atoms with Gasteiger partial charge in [-0.3, -0.25) is 14.4 Å². The van der Waals surface area contributed by atoms with Gasteiger partial charge in [0.25, 0.3) is 0 Å². The molecule has 0 aliphatic carbocycles. The highest BCUT2D eigenvalue weighted by Gasteiger charge is 2.26. The van der Waals surface area contributed by atoms with E-state index in [1.54, 1.807) is 7.05 Å². The van der Waals surface area contributed by atoms with Gasteiger partial charge in [-0.15, -0.1) is 10.2 Å². The number of hydrogen-bond donors (Lipinski definition) is 4. The number of hydrogen-bond acceptors (Lipinski definition) is 7. The Morgan fingerprint density at radius 3 is 2.29 bits per heavy atom. The number of amides is 3. The van der Waals surface area contributed by atoms with Crippen LogP contribution in [0.4, 0.5) is 5.13 Å². The summed E-state index contributed by atoms with van der Waals surface area (Å²) < 4.78 is 0. The second-order valence-corrected chi connectivity index (χ2v) is 8.22. The van der Waals surface area contributed by atoms with E-state index in [1.807, 2.05) is 27.7 Å². The fourth-order valence-corrected chi connectivity index (χ4v) is 3.21. The molecule has 10 heteroatoms. The van der Waals surface area contributed by atoms with Crippen LogP contribution in [0, 0.1) is 11.8 Å². The first-order valence-corrected chi connectivity index (χ1v) is 10.3. The summed E-state index contributed by atoms with van der Waals surface area (Å²) in [4.78, 5) is 36.3. The van der Waals surface area contributed by atoms with E-state index >= 15 is 0 Å². The van der Waals surface area contributed by atoms with Gasteiger partial charge >= 0.3 is 0 Å². The summed E-state index contributed by atoms with van der Waals surface area (Å²) in [5.74, 6) is -0.532. The molecule has 0 aliphatic heterocycles. The molecule has 0 aromatic carbocycles. The maximum absolute atomic E-state index is 12.6. The van der Waals surface area contributed by atoms with Gasteiger partial charge in [0, 0.05) is 26.6 Å². The molecule has 0 spiro atoms. The molecule has 0 bridgehead atoms. The van der Waals surface area contributed by atoms with Crippen molar-refractivity contribution in [2.24, 2.45) is 11.8 Å². The summed E-state index contributed by atoms with van der Waals surface area (Å²) in [5.41, 5.74) is 0. The summed E-state index contributed by atoms with van der Waals surface area (Å²) in [5, 5.41) is 20.6. The molecule has 1 aromatic heterocycles. The first-order chi connectivity index (χ1) is 13.2. The second kappa shape index (κ2) is 11.6. The van der Waals surface area contributed by atoms with Gasteiger partial charge in [0.15, 0.2) is 0 Å². The van der Waals surface area contributed by atoms with E-state index in [2.05, 4.69) is 31.5 Å². The number of aromatic nitrogens is 2. The summed E-state index contributed by atoms with van der Waals surface area (Å²) in [6, 6.07) is -0.824. The first kappa shape index (κ1) is 23.8. The number of nitrogens with zero attached hydrogens (tertiary/aromatic N) is 2. The third kappa shape index (κ3) is 7.79. The molecule has 1 rings (SSSR count). The molecule has 0 aliphatic rings. The van der Waals surface area contributed by atoms with E-state index < -0.39 is 6.04 Å². The minimum Gasteiger partial charge on any atom is -0.363 e. The van der Waals surface area contributed by atoms with E-state index in [-0.39, 0.29) is 48.6 Å². The van der Waals surface area contributed by atoms with Crippen molar-refractivity contribution in [2.45, 2.75) is 59.5 Å². The lowest BCUT2D eigenvalue weighted by Gasteiger charge is -2.26. The minimum atomic E-state index is -0.590. The van der Waals surface area contributed by atoms with Crippen LogP contribution in [-0.2, 0) is 20.8 Å². The normalized spacial score (nSPS) is 14.1. The Bertz CT molecular complexity index is 664. The molecule has 0 saturated carbocycles. The highest BCUT2D eigenvalue weighted by Crippen LogP contribution is 2.15. The van der Waals surface area contributed by atoms with Crippen molar-refractivity contribution in [3.63, 3.8) is 0 Å². The van der Waals surface area contributed by atoms with E-state index in [0.717, 1.165) is 6.42 Å². The Hall–Kier alpha value is -2.23. The van der Waals surface area contributed by atoms with Crippen LogP contribution in [-0.4, -0.2) is 53.6 Å². The van der Waals surface area contributed by atoms with Gasteiger partial charge in [0.2, 0.25) is 22.9 Å². The van der Waals surface area contributed by atoms with Gasteiger partial charge in [-0.05, 0) is 11.8 Å². The predicted octanol–water partition coefficient (Wildman–Crippen LogP) is 0.930. The van der Waals surface area contributed by atoms with Crippen LogP contribution < -0.4 is 21.3 Å². The molecular weight excluding hydrogens is 380 g/mol. The smallest absolute Gasteiger partial charge is 0.242 e. The molecule has 3 amide bonds. The molecule has 158 valence electrons. The van der Waals surface area contributed by atoms with Gasteiger partial charge in [-0.1, -0.05) is 45.5 Å². The largest absolute Gasteiger partial charge is 0.363 e. The van der Waals surface area contributed by atoms with Crippen LogP contribution in [0.3, 0.4) is 0 Å². The molecule has 1 aromatic rings. The van der Waals surface area contributed by atoms with Crippen molar-refractivity contribution >= 4 is 34.2 Å². The van der Waals surface area contributed by atoms with E-state index in [0.29, 0.717) is 10.1 Å². The third-order valence-corrected chi connectivity index (χ3v) is 5.43. The molecule has 4 N–H and O–H groups in total. The maximum atomic E-state index is 12.6. The highest BCUT2D eigenvalue weighted by molar-refractivity contribution is 7.15. The quantitative estimate of drug-likeness (QED) is 0.428. The van der Waals surface area contributed by atoms with Crippen LogP contribution in [0.1, 0.15) is 46.0 Å². The lowest BCUT2D eigenvalue weighted by Crippen LogP contribution is -2.53. The van der Waals surface area contributed by atoms with E-state index in [9.17, 15) is 14.4 Å². The maximum Gasteiger partial charge on any atom is 0.242 e. The second-order valence-electron chi connectivity index (χ2n) is 7.15. The number of anilines is 1. The Labute approximate surface area is 170 Å². The number of rotatable bonds is 11. The summed E-state index contributed by atoms with van der Waals surface area (Å²) in [6.45, 7) is 9.52. The van der Waals surface area contributed by atoms with Crippen molar-refractivity contribution in [1.29, 1.82) is 0 Å². The van der Waals surface area contributed by atoms with Gasteiger partial charge in [0.1, 0.15) is 11.0 Å². The average Bonchev–Trinajstić information content (AvgIpc) is 3.09. The zero-order chi connectivity index (χ0) is 21.3. The van der Waals surface area contributed by atoms with Crippen LogP contribution >= 0.6 is 11.3 Å². The van der Waals surface area contributed by atoms with Crippen LogP contribution in [0.2, 0.25) is 0 Å². The van der Waals surface area contributed by atoms with Crippen molar-refractivity contribution in [2.75, 3.05) is 18.9 Å². The molecular formula is C18H32N6O3S. The van der Waals surface area contributed by atoms with Crippen LogP contribution in [0.15, 0.2) is 0 Å². The number of nitrogens with one attached hydrogen (secondary N) is 4. The lowest BCUT2D eigenvalue weighted by molar-refractivity contribution is -0.129. The molecule has 0 saturated heterocycles. The SMILES string of the molecule is CC[C@H](C)[C@H](NC(C)=O)C(=O)NCC(NC(=O)Cc1nnc(NC)s1)C(C)C. The summed E-state index contributed by atoms with van der Waals surface area (Å²) >= 11 is 1.33. The Morgan fingerprint density at radius 1 is 1.11 bits per heavy atom. The molecule has 9 nitrogen and oxygen atoms in total. The molecule has 28 heavy (non-hydrogen) atoms. The monoisotopic (exact) mass is 412 g/mol. The molecule has 0 fully saturated rings. The molecule has 1 unspecified atom stereocenters. The molecule has 0 radical (unpaired) electrons. The van der Waals surface area contributed by atoms with E-state index in [4.69, 9.17) is 0 Å². The third-order valence-electron chi connectivity index (χ3n) is 4.49. The number of carbonyl (C=O) groups excluding carboxylic acids is 3. The van der Waals surface area contributed by atoms with Crippen LogP contribution in [0.5, 0.6) is 0 Å². The van der Waals surface area contributed by atoms with Crippen molar-refractivity contribution in [3.05, 3.63) is 5.01 Å². The Kier molecular flexibility index (Phi) is 9.84. The fraction of sp³-hybridized carbons (Fsp3) is 0.722. The Morgan fingerprint density at radius 2 is 1.79 bits per heavy atom. The first-order valence-electron chi connectivity index (χ1n) is 9.52. The molecule has 3 atom stereocenters. The van der Waals surface area contributed by atoms with Gasteiger partial charge < -0.3 is 21.3 Å². The van der Waals surface area contributed by atoms with Gasteiger partial charge in [0.05, 0.1) is 6.42 Å². The lowest BCUT2D eigenvalue weighted by atomic mass is 9.97. The number of carbonyl (C=O) groups is 3. The van der Waals surface area contributed by atoms with Crippen molar-refractivity contribution in [3.8, 4) is 0 Å². The van der Waals surface area contributed by atoms with Gasteiger partial charge in [-0.2, -0.15) is 0 Å². The van der Waals surface area contributed by atoms with Crippen molar-refractivity contribution in [1.82, 2.24) is 26.1 Å². The fourth-order valence-electron chi connectivity index (χ4n) is 2.52.